The number of fused-ring (bicyclic) bond motifs is 5. The normalized spacial score (nSPS) is 11.9. The number of carbonyl (C=O) groups is 1. The lowest BCUT2D eigenvalue weighted by Crippen LogP contribution is -2.14. The van der Waals surface area contributed by atoms with E-state index in [1.807, 2.05) is 44.3 Å². The van der Waals surface area contributed by atoms with E-state index in [-0.39, 0.29) is 17.8 Å². The molecule has 0 unspecified atom stereocenters. The first-order valence-electron chi connectivity index (χ1n) is 12.0. The summed E-state index contributed by atoms with van der Waals surface area (Å²) in [5, 5.41) is 0.786. The van der Waals surface area contributed by atoms with Crippen LogP contribution >= 0.6 is 0 Å². The molecule has 0 aliphatic heterocycles. The number of hydrogen-bond donors (Lipinski definition) is 0. The molecule has 0 amide bonds. The van der Waals surface area contributed by atoms with Gasteiger partial charge in [0, 0.05) is 18.7 Å². The Labute approximate surface area is 199 Å². The Kier molecular flexibility index (Phi) is 5.82. The van der Waals surface area contributed by atoms with E-state index in [2.05, 4.69) is 53.1 Å². The zero-order valence-electron chi connectivity index (χ0n) is 20.2. The van der Waals surface area contributed by atoms with Gasteiger partial charge in [-0.2, -0.15) is 0 Å². The molecular formula is C28H30N4O2. The highest BCUT2D eigenvalue weighted by Crippen LogP contribution is 2.35. The summed E-state index contributed by atoms with van der Waals surface area (Å²) in [5.74, 6) is 1.18. The number of hydrogen-bond acceptors (Lipinski definition) is 4. The van der Waals surface area contributed by atoms with Gasteiger partial charge in [-0.1, -0.05) is 70.2 Å². The second kappa shape index (κ2) is 8.93. The van der Waals surface area contributed by atoms with Crippen molar-refractivity contribution in [1.82, 2.24) is 18.9 Å². The Morgan fingerprint density at radius 2 is 1.68 bits per heavy atom. The predicted molar refractivity (Wildman–Crippen MR) is 135 cm³/mol. The first-order chi connectivity index (χ1) is 16.4. The summed E-state index contributed by atoms with van der Waals surface area (Å²) < 4.78 is 10.1. The van der Waals surface area contributed by atoms with Gasteiger partial charge in [0.1, 0.15) is 16.9 Å². The first kappa shape index (κ1) is 22.1. The van der Waals surface area contributed by atoms with E-state index < -0.39 is 0 Å². The van der Waals surface area contributed by atoms with E-state index in [9.17, 15) is 4.79 Å². The third-order valence-corrected chi connectivity index (χ3v) is 6.15. The van der Waals surface area contributed by atoms with Crippen LogP contribution in [-0.4, -0.2) is 24.9 Å². The predicted octanol–water partition coefficient (Wildman–Crippen LogP) is 6.15. The topological polar surface area (TPSA) is 61.4 Å². The SMILES string of the molecule is CC(C)C(=O)Oc1cn(CCCc2ccccc2)c2nc(C(C)C)n3c4ccccc4nc3c12. The molecule has 0 aliphatic rings. The zero-order valence-corrected chi connectivity index (χ0v) is 20.2. The number of aromatic nitrogens is 4. The van der Waals surface area contributed by atoms with Crippen molar-refractivity contribution in [1.29, 1.82) is 0 Å². The average molecular weight is 455 g/mol. The van der Waals surface area contributed by atoms with Crippen molar-refractivity contribution < 1.29 is 9.53 Å². The molecule has 0 atom stereocenters. The number of carbonyl (C=O) groups excluding carboxylic acids is 1. The Morgan fingerprint density at radius 1 is 0.941 bits per heavy atom. The van der Waals surface area contributed by atoms with E-state index >= 15 is 0 Å². The Balaban J connectivity index is 1.68. The van der Waals surface area contributed by atoms with Crippen molar-refractivity contribution in [3.05, 3.63) is 72.2 Å². The van der Waals surface area contributed by atoms with Crippen molar-refractivity contribution in [3.63, 3.8) is 0 Å². The van der Waals surface area contributed by atoms with Crippen LogP contribution in [0.1, 0.15) is 51.4 Å². The van der Waals surface area contributed by atoms with Crippen LogP contribution in [0.5, 0.6) is 5.75 Å². The molecule has 0 radical (unpaired) electrons. The Bertz CT molecular complexity index is 1480. The number of esters is 1. The highest BCUT2D eigenvalue weighted by Gasteiger charge is 2.24. The number of aryl methyl sites for hydroxylation is 2. The minimum Gasteiger partial charge on any atom is -0.424 e. The highest BCUT2D eigenvalue weighted by molar-refractivity contribution is 6.01. The van der Waals surface area contributed by atoms with Gasteiger partial charge in [-0.25, -0.2) is 9.97 Å². The van der Waals surface area contributed by atoms with Gasteiger partial charge in [-0.3, -0.25) is 9.20 Å². The van der Waals surface area contributed by atoms with Gasteiger partial charge < -0.3 is 9.30 Å². The van der Waals surface area contributed by atoms with Gasteiger partial charge in [0.25, 0.3) is 0 Å². The fraction of sp³-hybridized carbons (Fsp3) is 0.321. The summed E-state index contributed by atoms with van der Waals surface area (Å²) in [6.45, 7) is 8.74. The molecule has 6 nitrogen and oxygen atoms in total. The summed E-state index contributed by atoms with van der Waals surface area (Å²) in [6.07, 6.45) is 3.84. The van der Waals surface area contributed by atoms with Crippen molar-refractivity contribution in [2.45, 2.75) is 53.0 Å². The third kappa shape index (κ3) is 3.94. The van der Waals surface area contributed by atoms with Gasteiger partial charge in [-0.15, -0.1) is 0 Å². The van der Waals surface area contributed by atoms with Crippen molar-refractivity contribution in [3.8, 4) is 5.75 Å². The fourth-order valence-corrected chi connectivity index (χ4v) is 4.40. The van der Waals surface area contributed by atoms with E-state index in [0.29, 0.717) is 5.75 Å². The number of benzene rings is 2. The van der Waals surface area contributed by atoms with E-state index in [1.54, 1.807) is 0 Å². The van der Waals surface area contributed by atoms with Crippen LogP contribution in [0.2, 0.25) is 0 Å². The van der Waals surface area contributed by atoms with E-state index in [0.717, 1.165) is 52.9 Å². The molecule has 3 aromatic heterocycles. The monoisotopic (exact) mass is 454 g/mol. The molecule has 34 heavy (non-hydrogen) atoms. The van der Waals surface area contributed by atoms with Crippen LogP contribution < -0.4 is 4.74 Å². The summed E-state index contributed by atoms with van der Waals surface area (Å²) in [6, 6.07) is 18.6. The number of imidazole rings is 1. The van der Waals surface area contributed by atoms with Gasteiger partial charge in [0.15, 0.2) is 11.4 Å². The number of para-hydroxylation sites is 2. The lowest BCUT2D eigenvalue weighted by molar-refractivity contribution is -0.137. The van der Waals surface area contributed by atoms with Crippen LogP contribution in [0.3, 0.4) is 0 Å². The molecule has 0 bridgehead atoms. The molecular weight excluding hydrogens is 424 g/mol. The van der Waals surface area contributed by atoms with Crippen molar-refractivity contribution in [2.75, 3.05) is 0 Å². The maximum Gasteiger partial charge on any atom is 0.313 e. The van der Waals surface area contributed by atoms with Crippen LogP contribution in [0.4, 0.5) is 0 Å². The van der Waals surface area contributed by atoms with Gasteiger partial charge in [0.2, 0.25) is 0 Å². The Hall–Kier alpha value is -3.67. The molecule has 0 saturated heterocycles. The molecule has 0 spiro atoms. The van der Waals surface area contributed by atoms with Crippen LogP contribution in [0.25, 0.3) is 27.7 Å². The molecule has 5 aromatic rings. The zero-order chi connectivity index (χ0) is 23.8. The summed E-state index contributed by atoms with van der Waals surface area (Å²) in [4.78, 5) is 22.6. The average Bonchev–Trinajstić information content (AvgIpc) is 3.37. The van der Waals surface area contributed by atoms with Gasteiger partial charge >= 0.3 is 5.97 Å². The summed E-state index contributed by atoms with van der Waals surface area (Å²) >= 11 is 0. The number of nitrogens with zero attached hydrogens (tertiary/aromatic N) is 4. The van der Waals surface area contributed by atoms with Gasteiger partial charge in [0.05, 0.1) is 17.0 Å². The minimum absolute atomic E-state index is 0.193. The van der Waals surface area contributed by atoms with E-state index in [1.165, 1.54) is 5.56 Å². The molecule has 0 N–H and O–H groups in total. The second-order valence-corrected chi connectivity index (χ2v) is 9.43. The first-order valence-corrected chi connectivity index (χ1v) is 12.0. The molecule has 3 heterocycles. The lowest BCUT2D eigenvalue weighted by atomic mass is 10.1. The van der Waals surface area contributed by atoms with Crippen LogP contribution in [-0.2, 0) is 17.8 Å². The molecule has 0 fully saturated rings. The maximum atomic E-state index is 12.6. The second-order valence-electron chi connectivity index (χ2n) is 9.43. The fourth-order valence-electron chi connectivity index (χ4n) is 4.40. The largest absolute Gasteiger partial charge is 0.424 e. The molecule has 0 aliphatic carbocycles. The maximum absolute atomic E-state index is 12.6. The van der Waals surface area contributed by atoms with Crippen molar-refractivity contribution in [2.24, 2.45) is 5.92 Å². The molecule has 2 aromatic carbocycles. The summed E-state index contributed by atoms with van der Waals surface area (Å²) in [5.41, 5.74) is 4.81. The van der Waals surface area contributed by atoms with Crippen molar-refractivity contribution >= 4 is 33.7 Å². The number of rotatable bonds is 7. The Morgan fingerprint density at radius 3 is 2.41 bits per heavy atom. The molecule has 6 heteroatoms. The molecule has 174 valence electrons. The molecule has 5 rings (SSSR count). The van der Waals surface area contributed by atoms with Gasteiger partial charge in [-0.05, 0) is 30.5 Å². The molecule has 0 saturated carbocycles. The standard InChI is InChI=1S/C28H30N4O2/c1-18(2)25-30-26-24(27-29-21-14-8-9-15-22(21)32(25)27)23(34-28(33)19(3)4)17-31(26)16-10-13-20-11-6-5-7-12-20/h5-9,11-12,14-15,17-19H,10,13,16H2,1-4H3. The quantitative estimate of drug-likeness (QED) is 0.277. The van der Waals surface area contributed by atoms with Crippen LogP contribution in [0, 0.1) is 5.92 Å². The lowest BCUT2D eigenvalue weighted by Gasteiger charge is -2.12. The van der Waals surface area contributed by atoms with Crippen LogP contribution in [0.15, 0.2) is 60.8 Å². The minimum atomic E-state index is -0.259. The van der Waals surface area contributed by atoms with E-state index in [4.69, 9.17) is 14.7 Å². The summed E-state index contributed by atoms with van der Waals surface area (Å²) in [7, 11) is 0. The highest BCUT2D eigenvalue weighted by atomic mass is 16.5. The smallest absolute Gasteiger partial charge is 0.313 e. The third-order valence-electron chi connectivity index (χ3n) is 6.15. The number of ether oxygens (including phenoxy) is 1.